The van der Waals surface area contributed by atoms with E-state index in [0.717, 1.165) is 22.7 Å². The Labute approximate surface area is 228 Å². The summed E-state index contributed by atoms with van der Waals surface area (Å²) >= 11 is 0. The Hall–Kier alpha value is -4.11. The number of carbonyl (C=O) groups is 1. The summed E-state index contributed by atoms with van der Waals surface area (Å²) in [5.41, 5.74) is 2.15. The van der Waals surface area contributed by atoms with E-state index in [-0.39, 0.29) is 24.4 Å². The molecular formula is C30H34N4O5. The predicted molar refractivity (Wildman–Crippen MR) is 144 cm³/mol. The van der Waals surface area contributed by atoms with Crippen LogP contribution in [0.2, 0.25) is 0 Å². The van der Waals surface area contributed by atoms with Crippen LogP contribution in [0.1, 0.15) is 54.9 Å². The van der Waals surface area contributed by atoms with Gasteiger partial charge in [-0.15, -0.1) is 0 Å². The number of aliphatic hydroxyl groups excluding tert-OH is 1. The average Bonchev–Trinajstić information content (AvgIpc) is 3.68. The fraction of sp³-hybridized carbons (Fsp3) is 0.367. The summed E-state index contributed by atoms with van der Waals surface area (Å²) in [6.45, 7) is 5.21. The van der Waals surface area contributed by atoms with Crippen molar-refractivity contribution in [1.82, 2.24) is 19.6 Å². The third kappa shape index (κ3) is 5.98. The summed E-state index contributed by atoms with van der Waals surface area (Å²) in [5, 5.41) is 14.5. The number of carbonyl (C=O) groups excluding carboxylic acids is 1. The quantitative estimate of drug-likeness (QED) is 0.320. The van der Waals surface area contributed by atoms with Crippen molar-refractivity contribution in [2.24, 2.45) is 5.92 Å². The van der Waals surface area contributed by atoms with Gasteiger partial charge in [0.1, 0.15) is 24.1 Å². The molecule has 1 N–H and O–H groups in total. The minimum Gasteiger partial charge on any atom is -0.489 e. The van der Waals surface area contributed by atoms with Gasteiger partial charge >= 0.3 is 0 Å². The van der Waals surface area contributed by atoms with Gasteiger partial charge in [0.15, 0.2) is 5.76 Å². The summed E-state index contributed by atoms with van der Waals surface area (Å²) in [5.74, 6) is 1.55. The lowest BCUT2D eigenvalue weighted by Gasteiger charge is -2.29. The van der Waals surface area contributed by atoms with E-state index in [9.17, 15) is 9.90 Å². The van der Waals surface area contributed by atoms with Crippen LogP contribution in [0.3, 0.4) is 0 Å². The molecule has 1 aliphatic heterocycles. The molecule has 1 saturated heterocycles. The molecule has 204 valence electrons. The van der Waals surface area contributed by atoms with Crippen molar-refractivity contribution in [2.45, 2.75) is 51.5 Å². The summed E-state index contributed by atoms with van der Waals surface area (Å²) in [6, 6.07) is 19.3. The van der Waals surface area contributed by atoms with Crippen molar-refractivity contribution in [1.29, 1.82) is 0 Å². The van der Waals surface area contributed by atoms with Gasteiger partial charge in [-0.1, -0.05) is 56.3 Å². The molecule has 9 heteroatoms. The molecular weight excluding hydrogens is 496 g/mol. The van der Waals surface area contributed by atoms with Crippen molar-refractivity contribution in [3.05, 3.63) is 95.8 Å². The molecule has 0 bridgehead atoms. The molecule has 0 spiro atoms. The third-order valence-corrected chi connectivity index (χ3v) is 7.06. The number of ether oxygens (including phenoxy) is 2. The van der Waals surface area contributed by atoms with Crippen LogP contribution in [-0.4, -0.2) is 50.4 Å². The first kappa shape index (κ1) is 26.5. The van der Waals surface area contributed by atoms with Gasteiger partial charge in [-0.05, 0) is 34.3 Å². The lowest BCUT2D eigenvalue weighted by Crippen LogP contribution is -2.38. The van der Waals surface area contributed by atoms with Crippen molar-refractivity contribution in [3.8, 4) is 11.6 Å². The average molecular weight is 531 g/mol. The Morgan fingerprint density at radius 1 is 1.13 bits per heavy atom. The Morgan fingerprint density at radius 2 is 1.92 bits per heavy atom. The first-order valence-corrected chi connectivity index (χ1v) is 13.2. The zero-order chi connectivity index (χ0) is 27.4. The normalized spacial score (nSPS) is 17.9. The monoisotopic (exact) mass is 530 g/mol. The minimum absolute atomic E-state index is 0.0491. The van der Waals surface area contributed by atoms with Gasteiger partial charge in [-0.2, -0.15) is 0 Å². The molecule has 4 aromatic rings. The van der Waals surface area contributed by atoms with E-state index < -0.39 is 12.0 Å². The second-order valence-electron chi connectivity index (χ2n) is 10.2. The molecule has 2 aromatic heterocycles. The number of benzene rings is 2. The van der Waals surface area contributed by atoms with Gasteiger partial charge < -0.3 is 28.6 Å². The number of nitrogens with zero attached hydrogens (tertiary/aromatic N) is 4. The van der Waals surface area contributed by atoms with Gasteiger partial charge in [0, 0.05) is 38.0 Å². The van der Waals surface area contributed by atoms with E-state index in [2.05, 4.69) is 10.1 Å². The molecule has 0 unspecified atom stereocenters. The molecule has 5 rings (SSSR count). The smallest absolute Gasteiger partial charge is 0.254 e. The van der Waals surface area contributed by atoms with E-state index in [0.29, 0.717) is 31.2 Å². The van der Waals surface area contributed by atoms with E-state index in [1.165, 1.54) is 7.11 Å². The largest absolute Gasteiger partial charge is 0.489 e. The van der Waals surface area contributed by atoms with Crippen molar-refractivity contribution in [3.63, 3.8) is 0 Å². The highest BCUT2D eigenvalue weighted by Crippen LogP contribution is 2.37. The van der Waals surface area contributed by atoms with Crippen LogP contribution in [0.25, 0.3) is 0 Å². The van der Waals surface area contributed by atoms with E-state index >= 15 is 0 Å². The highest BCUT2D eigenvalue weighted by Gasteiger charge is 2.42. The summed E-state index contributed by atoms with van der Waals surface area (Å²) < 4.78 is 18.7. The first-order chi connectivity index (χ1) is 18.9. The second kappa shape index (κ2) is 11.7. The molecule has 9 nitrogen and oxygen atoms in total. The topological polar surface area (TPSA) is 103 Å². The number of aliphatic hydroxyl groups is 1. The zero-order valence-corrected chi connectivity index (χ0v) is 22.4. The molecule has 3 atom stereocenters. The van der Waals surface area contributed by atoms with Gasteiger partial charge in [0.05, 0.1) is 19.3 Å². The molecule has 0 saturated carbocycles. The number of amides is 1. The Balaban J connectivity index is 1.34. The maximum atomic E-state index is 13.9. The van der Waals surface area contributed by atoms with E-state index in [1.54, 1.807) is 17.2 Å². The van der Waals surface area contributed by atoms with Crippen LogP contribution in [0.5, 0.6) is 11.6 Å². The Kier molecular flexibility index (Phi) is 7.97. The predicted octanol–water partition coefficient (Wildman–Crippen LogP) is 4.58. The van der Waals surface area contributed by atoms with Gasteiger partial charge in [-0.3, -0.25) is 4.79 Å². The van der Waals surface area contributed by atoms with Gasteiger partial charge in [0.2, 0.25) is 5.91 Å². The fourth-order valence-electron chi connectivity index (χ4n) is 5.15. The number of β-amino-alcohol motifs (C(OH)–C–C–N with tert-alkyl or cyclic N) is 1. The zero-order valence-electron chi connectivity index (χ0n) is 22.4. The lowest BCUT2D eigenvalue weighted by atomic mass is 9.91. The maximum Gasteiger partial charge on any atom is 0.254 e. The van der Waals surface area contributed by atoms with Gasteiger partial charge in [-0.25, -0.2) is 4.98 Å². The number of aromatic nitrogens is 3. The molecule has 0 radical (unpaired) electrons. The number of hydrogen-bond acceptors (Lipinski definition) is 7. The second-order valence-corrected chi connectivity index (χ2v) is 10.2. The highest BCUT2D eigenvalue weighted by molar-refractivity contribution is 5.84. The van der Waals surface area contributed by atoms with Crippen LogP contribution >= 0.6 is 0 Å². The van der Waals surface area contributed by atoms with Crippen molar-refractivity contribution in [2.75, 3.05) is 13.7 Å². The molecule has 39 heavy (non-hydrogen) atoms. The summed E-state index contributed by atoms with van der Waals surface area (Å²) in [6.07, 6.45) is 3.41. The lowest BCUT2D eigenvalue weighted by molar-refractivity contribution is -0.135. The molecule has 1 aliphatic rings. The molecule has 3 heterocycles. The highest BCUT2D eigenvalue weighted by atomic mass is 16.5. The molecule has 1 fully saturated rings. The Morgan fingerprint density at radius 3 is 2.67 bits per heavy atom. The Bertz CT molecular complexity index is 1380. The molecule has 2 aromatic carbocycles. The number of hydrogen-bond donors (Lipinski definition) is 1. The SMILES string of the molecule is COc1cc([C@@H](C(=O)N2C[C@H](O)C[C@H]2c2nccn2Cc2cccc(OCc3ccccc3)c2)C(C)C)on1. The van der Waals surface area contributed by atoms with Crippen LogP contribution in [0, 0.1) is 5.92 Å². The van der Waals surface area contributed by atoms with Gasteiger partial charge in [0.25, 0.3) is 5.88 Å². The minimum atomic E-state index is -0.643. The number of rotatable bonds is 10. The summed E-state index contributed by atoms with van der Waals surface area (Å²) in [7, 11) is 1.51. The third-order valence-electron chi connectivity index (χ3n) is 7.06. The number of methoxy groups -OCH3 is 1. The fourth-order valence-corrected chi connectivity index (χ4v) is 5.15. The standard InChI is InChI=1S/C30H34N4O5/c1-20(2)28(26-16-27(37-3)32-39-26)30(36)34-18-23(35)15-25(34)29-31-12-13-33(29)17-22-10-7-11-24(14-22)38-19-21-8-5-4-6-9-21/h4-14,16,20,23,25,28,35H,15,17-19H2,1-3H3/t23-,25+,28+/m1/s1. The molecule has 0 aliphatic carbocycles. The van der Waals surface area contributed by atoms with Crippen LogP contribution in [-0.2, 0) is 17.9 Å². The maximum absolute atomic E-state index is 13.9. The first-order valence-electron chi connectivity index (χ1n) is 13.2. The summed E-state index contributed by atoms with van der Waals surface area (Å²) in [4.78, 5) is 20.2. The molecule has 1 amide bonds. The van der Waals surface area contributed by atoms with Crippen LogP contribution < -0.4 is 9.47 Å². The van der Waals surface area contributed by atoms with Crippen LogP contribution in [0.4, 0.5) is 0 Å². The number of imidazole rings is 1. The van der Waals surface area contributed by atoms with Crippen LogP contribution in [0.15, 0.2) is 77.6 Å². The van der Waals surface area contributed by atoms with E-state index in [1.807, 2.05) is 79.2 Å². The van der Waals surface area contributed by atoms with Crippen molar-refractivity contribution >= 4 is 5.91 Å². The number of likely N-dealkylation sites (tertiary alicyclic amines) is 1. The van der Waals surface area contributed by atoms with Crippen molar-refractivity contribution < 1.29 is 23.9 Å². The van der Waals surface area contributed by atoms with E-state index in [4.69, 9.17) is 14.0 Å².